The van der Waals surface area contributed by atoms with E-state index in [0.29, 0.717) is 6.42 Å². The van der Waals surface area contributed by atoms with Crippen LogP contribution in [-0.4, -0.2) is 21.8 Å². The molecule has 0 fully saturated rings. The minimum absolute atomic E-state index is 0.0576. The predicted molar refractivity (Wildman–Crippen MR) is 76.1 cm³/mol. The van der Waals surface area contributed by atoms with Crippen molar-refractivity contribution in [2.75, 3.05) is 0 Å². The average Bonchev–Trinajstić information content (AvgIpc) is 2.28. The predicted octanol–water partition coefficient (Wildman–Crippen LogP) is 3.43. The molecule has 0 saturated carbocycles. The molecule has 0 bridgehead atoms. The molecule has 0 aliphatic rings. The van der Waals surface area contributed by atoms with Crippen LogP contribution in [0, 0.1) is 5.92 Å². The monoisotopic (exact) mass is 264 g/mol. The van der Waals surface area contributed by atoms with Crippen LogP contribution < -0.4 is 0 Å². The van der Waals surface area contributed by atoms with Crippen molar-refractivity contribution in [1.82, 2.24) is 0 Å². The van der Waals surface area contributed by atoms with Gasteiger partial charge in [-0.2, -0.15) is 0 Å². The van der Waals surface area contributed by atoms with Crippen molar-refractivity contribution in [2.45, 2.75) is 51.6 Å². The quantitative estimate of drug-likeness (QED) is 0.793. The van der Waals surface area contributed by atoms with Crippen LogP contribution in [0.3, 0.4) is 0 Å². The summed E-state index contributed by atoms with van der Waals surface area (Å²) >= 11 is 0. The van der Waals surface area contributed by atoms with E-state index in [-0.39, 0.29) is 5.92 Å². The van der Waals surface area contributed by atoms with E-state index in [4.69, 9.17) is 0 Å². The van der Waals surface area contributed by atoms with Gasteiger partial charge in [-0.3, -0.25) is 4.79 Å². The number of rotatable bonds is 7. The Balaban J connectivity index is 2.65. The number of carboxylic acids is 1. The largest absolute Gasteiger partial charge is 0.481 e. The van der Waals surface area contributed by atoms with Crippen LogP contribution in [0.1, 0.15) is 51.5 Å². The molecule has 2 atom stereocenters. The highest BCUT2D eigenvalue weighted by atomic mass is 16.4. The van der Waals surface area contributed by atoms with Crippen LogP contribution in [0.5, 0.6) is 0 Å². The van der Waals surface area contributed by atoms with E-state index < -0.39 is 17.5 Å². The van der Waals surface area contributed by atoms with Gasteiger partial charge in [0.05, 0.1) is 11.5 Å². The summed E-state index contributed by atoms with van der Waals surface area (Å²) in [5.74, 6) is -1.19. The second kappa shape index (κ2) is 6.71. The molecule has 1 aromatic rings. The number of aliphatic carboxylic acids is 1. The lowest BCUT2D eigenvalue weighted by Gasteiger charge is -2.22. The molecule has 0 aliphatic heterocycles. The van der Waals surface area contributed by atoms with Crippen LogP contribution in [-0.2, 0) is 4.79 Å². The van der Waals surface area contributed by atoms with E-state index >= 15 is 0 Å². The SMILES string of the molecule is CC(CCCC(C)(C)O)C(C(=O)O)c1ccccc1. The number of benzene rings is 1. The fourth-order valence-corrected chi connectivity index (χ4v) is 2.40. The van der Waals surface area contributed by atoms with Crippen LogP contribution in [0.4, 0.5) is 0 Å². The van der Waals surface area contributed by atoms with Gasteiger partial charge in [0, 0.05) is 0 Å². The van der Waals surface area contributed by atoms with Crippen LogP contribution >= 0.6 is 0 Å². The molecule has 0 radical (unpaired) electrons. The first kappa shape index (κ1) is 15.7. The second-order valence-electron chi connectivity index (χ2n) is 5.91. The molecule has 2 N–H and O–H groups in total. The highest BCUT2D eigenvalue weighted by Crippen LogP contribution is 2.29. The molecular weight excluding hydrogens is 240 g/mol. The summed E-state index contributed by atoms with van der Waals surface area (Å²) in [6.45, 7) is 5.53. The van der Waals surface area contributed by atoms with Crippen molar-refractivity contribution in [2.24, 2.45) is 5.92 Å². The van der Waals surface area contributed by atoms with E-state index in [1.807, 2.05) is 37.3 Å². The van der Waals surface area contributed by atoms with E-state index in [1.165, 1.54) is 0 Å². The summed E-state index contributed by atoms with van der Waals surface area (Å²) < 4.78 is 0. The molecule has 0 aliphatic carbocycles. The first-order valence-corrected chi connectivity index (χ1v) is 6.81. The van der Waals surface area contributed by atoms with Crippen molar-refractivity contribution in [1.29, 1.82) is 0 Å². The molecule has 0 saturated heterocycles. The molecule has 2 unspecified atom stereocenters. The first-order chi connectivity index (χ1) is 8.81. The van der Waals surface area contributed by atoms with Crippen molar-refractivity contribution >= 4 is 5.97 Å². The molecule has 0 amide bonds. The van der Waals surface area contributed by atoms with E-state index in [9.17, 15) is 15.0 Å². The molecule has 0 spiro atoms. The molecule has 3 nitrogen and oxygen atoms in total. The zero-order valence-electron chi connectivity index (χ0n) is 12.0. The van der Waals surface area contributed by atoms with Crippen molar-refractivity contribution in [3.63, 3.8) is 0 Å². The Morgan fingerprint density at radius 3 is 2.32 bits per heavy atom. The summed E-state index contributed by atoms with van der Waals surface area (Å²) in [7, 11) is 0. The Hall–Kier alpha value is -1.35. The summed E-state index contributed by atoms with van der Waals surface area (Å²) in [6, 6.07) is 9.36. The lowest BCUT2D eigenvalue weighted by molar-refractivity contribution is -0.140. The average molecular weight is 264 g/mol. The number of carbonyl (C=O) groups is 1. The molecule has 1 aromatic carbocycles. The number of carboxylic acid groups (broad SMARTS) is 1. The summed E-state index contributed by atoms with van der Waals surface area (Å²) in [5.41, 5.74) is 0.177. The summed E-state index contributed by atoms with van der Waals surface area (Å²) in [4.78, 5) is 11.5. The zero-order chi connectivity index (χ0) is 14.5. The van der Waals surface area contributed by atoms with Gasteiger partial charge in [0.1, 0.15) is 0 Å². The Labute approximate surface area is 115 Å². The van der Waals surface area contributed by atoms with Crippen LogP contribution in [0.25, 0.3) is 0 Å². The maximum Gasteiger partial charge on any atom is 0.311 e. The van der Waals surface area contributed by atoms with Crippen molar-refractivity contribution < 1.29 is 15.0 Å². The smallest absolute Gasteiger partial charge is 0.311 e. The molecule has 3 heteroatoms. The second-order valence-corrected chi connectivity index (χ2v) is 5.91. The Bertz CT molecular complexity index is 392. The van der Waals surface area contributed by atoms with Gasteiger partial charge >= 0.3 is 5.97 Å². The lowest BCUT2D eigenvalue weighted by Crippen LogP contribution is -2.22. The fourth-order valence-electron chi connectivity index (χ4n) is 2.40. The van der Waals surface area contributed by atoms with Gasteiger partial charge in [0.25, 0.3) is 0 Å². The third-order valence-electron chi connectivity index (χ3n) is 3.44. The van der Waals surface area contributed by atoms with Gasteiger partial charge in [-0.15, -0.1) is 0 Å². The fraction of sp³-hybridized carbons (Fsp3) is 0.562. The van der Waals surface area contributed by atoms with E-state index in [1.54, 1.807) is 13.8 Å². The molecule has 0 heterocycles. The van der Waals surface area contributed by atoms with Gasteiger partial charge < -0.3 is 10.2 Å². The standard InChI is InChI=1S/C16H24O3/c1-12(8-7-11-16(2,3)19)14(15(17)18)13-9-5-4-6-10-13/h4-6,9-10,12,14,19H,7-8,11H2,1-3H3,(H,17,18). The number of hydrogen-bond donors (Lipinski definition) is 2. The molecule has 1 rings (SSSR count). The van der Waals surface area contributed by atoms with Crippen LogP contribution in [0.15, 0.2) is 30.3 Å². The topological polar surface area (TPSA) is 57.5 Å². The number of hydrogen-bond acceptors (Lipinski definition) is 2. The summed E-state index contributed by atoms with van der Waals surface area (Å²) in [5, 5.41) is 19.1. The van der Waals surface area contributed by atoms with Gasteiger partial charge in [-0.1, -0.05) is 43.7 Å². The van der Waals surface area contributed by atoms with Crippen molar-refractivity contribution in [3.8, 4) is 0 Å². The molecule has 106 valence electrons. The summed E-state index contributed by atoms with van der Waals surface area (Å²) in [6.07, 6.45) is 2.33. The highest BCUT2D eigenvalue weighted by molar-refractivity contribution is 5.76. The van der Waals surface area contributed by atoms with E-state index in [0.717, 1.165) is 18.4 Å². The van der Waals surface area contributed by atoms with Gasteiger partial charge in [0.2, 0.25) is 0 Å². The molecule has 0 aromatic heterocycles. The first-order valence-electron chi connectivity index (χ1n) is 6.81. The maximum absolute atomic E-state index is 11.5. The minimum atomic E-state index is -0.776. The van der Waals surface area contributed by atoms with E-state index in [2.05, 4.69) is 0 Å². The Morgan fingerprint density at radius 2 is 1.84 bits per heavy atom. The Morgan fingerprint density at radius 1 is 1.26 bits per heavy atom. The van der Waals surface area contributed by atoms with Gasteiger partial charge in [-0.25, -0.2) is 0 Å². The normalized spacial score (nSPS) is 14.9. The minimum Gasteiger partial charge on any atom is -0.481 e. The third kappa shape index (κ3) is 5.43. The molecule has 19 heavy (non-hydrogen) atoms. The third-order valence-corrected chi connectivity index (χ3v) is 3.44. The zero-order valence-corrected chi connectivity index (χ0v) is 12.0. The number of aliphatic hydroxyl groups is 1. The lowest BCUT2D eigenvalue weighted by atomic mass is 9.83. The van der Waals surface area contributed by atoms with Crippen LogP contribution in [0.2, 0.25) is 0 Å². The Kier molecular flexibility index (Phi) is 5.55. The van der Waals surface area contributed by atoms with Gasteiger partial charge in [0.15, 0.2) is 0 Å². The maximum atomic E-state index is 11.5. The van der Waals surface area contributed by atoms with Gasteiger partial charge in [-0.05, 0) is 38.2 Å². The molecular formula is C16H24O3. The van der Waals surface area contributed by atoms with Crippen molar-refractivity contribution in [3.05, 3.63) is 35.9 Å². The highest BCUT2D eigenvalue weighted by Gasteiger charge is 2.26.